The number of hydrogen-bond acceptors (Lipinski definition) is 3. The molecular weight excluding hydrogens is 334 g/mol. The molecule has 0 aliphatic heterocycles. The van der Waals surface area contributed by atoms with Crippen LogP contribution in [0, 0.1) is 12.0 Å². The molecule has 0 heterocycles. The van der Waals surface area contributed by atoms with E-state index in [1.807, 2.05) is 45.0 Å². The van der Waals surface area contributed by atoms with Crippen LogP contribution in [0.25, 0.3) is 0 Å². The van der Waals surface area contributed by atoms with Crippen LogP contribution < -0.4 is 4.74 Å². The number of hydrogen-bond donors (Lipinski definition) is 0. The van der Waals surface area contributed by atoms with Gasteiger partial charge in [-0.1, -0.05) is 18.1 Å². The summed E-state index contributed by atoms with van der Waals surface area (Å²) in [5.41, 5.74) is 0.786. The van der Waals surface area contributed by atoms with Crippen LogP contribution in [0.1, 0.15) is 33.3 Å². The number of rotatable bonds is 4. The lowest BCUT2D eigenvalue weighted by molar-refractivity contribution is 0.0341. The van der Waals surface area contributed by atoms with Crippen molar-refractivity contribution in [2.75, 3.05) is 5.52 Å². The minimum atomic E-state index is -0.550. The topological polar surface area (TPSA) is 38.8 Å². The van der Waals surface area contributed by atoms with Crippen LogP contribution >= 0.6 is 15.9 Å². The van der Waals surface area contributed by atoms with Crippen LogP contribution in [0.4, 0.5) is 4.79 Å². The standard InChI is InChI=1S/C16H20BrNO3/c1-5-9-18(15(19)21-16(2,3)4)11-13-7-6-8-14(10-13)20-12-17/h6-8,10H,11-12H2,1-4H3. The van der Waals surface area contributed by atoms with Crippen LogP contribution in [0.3, 0.4) is 0 Å². The first-order valence-corrected chi connectivity index (χ1v) is 7.68. The molecule has 0 radical (unpaired) electrons. The number of alkyl halides is 1. The van der Waals surface area contributed by atoms with Gasteiger partial charge in [-0.25, -0.2) is 9.69 Å². The van der Waals surface area contributed by atoms with E-state index < -0.39 is 11.7 Å². The first-order chi connectivity index (χ1) is 9.85. The Hall–Kier alpha value is -1.67. The van der Waals surface area contributed by atoms with Gasteiger partial charge in [0.1, 0.15) is 16.9 Å². The molecule has 0 spiro atoms. The van der Waals surface area contributed by atoms with Crippen molar-refractivity contribution in [1.29, 1.82) is 0 Å². The first kappa shape index (κ1) is 17.4. The number of carbonyl (C=O) groups is 1. The second-order valence-electron chi connectivity index (χ2n) is 5.33. The Morgan fingerprint density at radius 1 is 1.38 bits per heavy atom. The summed E-state index contributed by atoms with van der Waals surface area (Å²) in [6, 6.07) is 10.3. The second kappa shape index (κ2) is 7.94. The molecule has 0 aliphatic rings. The fourth-order valence-electron chi connectivity index (χ4n) is 1.58. The van der Waals surface area contributed by atoms with Gasteiger partial charge in [-0.15, -0.1) is 0 Å². The van der Waals surface area contributed by atoms with E-state index in [1.165, 1.54) is 4.90 Å². The zero-order valence-electron chi connectivity index (χ0n) is 12.8. The van der Waals surface area contributed by atoms with Crippen molar-refractivity contribution in [2.24, 2.45) is 0 Å². The van der Waals surface area contributed by atoms with Crippen molar-refractivity contribution in [1.82, 2.24) is 4.90 Å². The van der Waals surface area contributed by atoms with Gasteiger partial charge in [0.05, 0.1) is 6.54 Å². The molecule has 0 atom stereocenters. The Morgan fingerprint density at radius 2 is 2.10 bits per heavy atom. The molecule has 1 aromatic carbocycles. The number of ether oxygens (including phenoxy) is 2. The predicted octanol–water partition coefficient (Wildman–Crippen LogP) is 4.14. The number of halogens is 1. The SMILES string of the molecule is CC#CN(Cc1cccc(OCBr)c1)C(=O)OC(C)(C)C. The van der Waals surface area contributed by atoms with Crippen LogP contribution in [0.5, 0.6) is 5.75 Å². The molecule has 0 bridgehead atoms. The highest BCUT2D eigenvalue weighted by Gasteiger charge is 2.21. The lowest BCUT2D eigenvalue weighted by Gasteiger charge is -2.24. The number of nitrogens with zero attached hydrogens (tertiary/aromatic N) is 1. The van der Waals surface area contributed by atoms with E-state index in [2.05, 4.69) is 27.9 Å². The molecule has 4 nitrogen and oxygen atoms in total. The second-order valence-corrected chi connectivity index (χ2v) is 5.79. The Morgan fingerprint density at radius 3 is 2.67 bits per heavy atom. The maximum atomic E-state index is 12.1. The van der Waals surface area contributed by atoms with Crippen LogP contribution in [0.15, 0.2) is 24.3 Å². The molecular formula is C16H20BrNO3. The maximum absolute atomic E-state index is 12.1. The van der Waals surface area contributed by atoms with Gasteiger partial charge < -0.3 is 9.47 Å². The van der Waals surface area contributed by atoms with E-state index in [0.717, 1.165) is 11.3 Å². The Labute approximate surface area is 134 Å². The summed E-state index contributed by atoms with van der Waals surface area (Å²) in [5.74, 6) is 3.47. The monoisotopic (exact) mass is 353 g/mol. The molecule has 0 aromatic heterocycles. The van der Waals surface area contributed by atoms with Crippen molar-refractivity contribution in [2.45, 2.75) is 39.8 Å². The fourth-order valence-corrected chi connectivity index (χ4v) is 1.85. The predicted molar refractivity (Wildman–Crippen MR) is 86.1 cm³/mol. The lowest BCUT2D eigenvalue weighted by atomic mass is 10.2. The summed E-state index contributed by atoms with van der Waals surface area (Å²) in [6.07, 6.45) is -0.455. The summed E-state index contributed by atoms with van der Waals surface area (Å²) in [5, 5.41) is 0. The van der Waals surface area contributed by atoms with Crippen LogP contribution in [0.2, 0.25) is 0 Å². The summed E-state index contributed by atoms with van der Waals surface area (Å²) >= 11 is 3.21. The Balaban J connectivity index is 2.85. The van der Waals surface area contributed by atoms with E-state index in [4.69, 9.17) is 9.47 Å². The lowest BCUT2D eigenvalue weighted by Crippen LogP contribution is -2.33. The highest BCUT2D eigenvalue weighted by molar-refractivity contribution is 9.09. The van der Waals surface area contributed by atoms with E-state index in [0.29, 0.717) is 12.1 Å². The average Bonchev–Trinajstić information content (AvgIpc) is 2.37. The Bertz CT molecular complexity index is 540. The Kier molecular flexibility index (Phi) is 6.57. The molecule has 0 unspecified atom stereocenters. The van der Waals surface area contributed by atoms with Gasteiger partial charge in [-0.05, 0) is 61.3 Å². The molecule has 0 N–H and O–H groups in total. The van der Waals surface area contributed by atoms with Gasteiger partial charge in [-0.2, -0.15) is 0 Å². The minimum absolute atomic E-state index is 0.342. The van der Waals surface area contributed by atoms with E-state index in [-0.39, 0.29) is 0 Å². The maximum Gasteiger partial charge on any atom is 0.422 e. The van der Waals surface area contributed by atoms with Gasteiger partial charge in [0.2, 0.25) is 0 Å². The van der Waals surface area contributed by atoms with Gasteiger partial charge in [0.25, 0.3) is 0 Å². The van der Waals surface area contributed by atoms with E-state index >= 15 is 0 Å². The highest BCUT2D eigenvalue weighted by atomic mass is 79.9. The third kappa shape index (κ3) is 6.54. The molecule has 0 fully saturated rings. The van der Waals surface area contributed by atoms with Crippen LogP contribution in [-0.4, -0.2) is 22.1 Å². The van der Waals surface area contributed by atoms with Gasteiger partial charge in [0.15, 0.2) is 0 Å². The summed E-state index contributed by atoms with van der Waals surface area (Å²) in [4.78, 5) is 13.5. The van der Waals surface area contributed by atoms with Gasteiger partial charge in [0, 0.05) is 6.04 Å². The summed E-state index contributed by atoms with van der Waals surface area (Å²) in [7, 11) is 0. The van der Waals surface area contributed by atoms with Gasteiger partial charge in [-0.3, -0.25) is 0 Å². The van der Waals surface area contributed by atoms with E-state index in [1.54, 1.807) is 6.92 Å². The van der Waals surface area contributed by atoms with Crippen molar-refractivity contribution in [3.8, 4) is 17.7 Å². The molecule has 1 amide bonds. The molecule has 5 heteroatoms. The third-order valence-corrected chi connectivity index (χ3v) is 2.55. The molecule has 1 rings (SSSR count). The molecule has 0 saturated heterocycles. The third-order valence-electron chi connectivity index (χ3n) is 2.32. The molecule has 0 saturated carbocycles. The fraction of sp³-hybridized carbons (Fsp3) is 0.438. The zero-order valence-corrected chi connectivity index (χ0v) is 14.4. The van der Waals surface area contributed by atoms with Crippen LogP contribution in [-0.2, 0) is 11.3 Å². The van der Waals surface area contributed by atoms with Crippen molar-refractivity contribution < 1.29 is 14.3 Å². The molecule has 21 heavy (non-hydrogen) atoms. The number of benzene rings is 1. The molecule has 0 aliphatic carbocycles. The average molecular weight is 354 g/mol. The van der Waals surface area contributed by atoms with Crippen molar-refractivity contribution in [3.05, 3.63) is 29.8 Å². The minimum Gasteiger partial charge on any atom is -0.482 e. The largest absolute Gasteiger partial charge is 0.482 e. The van der Waals surface area contributed by atoms with Gasteiger partial charge >= 0.3 is 6.09 Å². The normalized spacial score (nSPS) is 10.3. The number of amides is 1. The van der Waals surface area contributed by atoms with Crippen molar-refractivity contribution >= 4 is 22.0 Å². The first-order valence-electron chi connectivity index (χ1n) is 6.56. The molecule has 114 valence electrons. The van der Waals surface area contributed by atoms with Crippen molar-refractivity contribution in [3.63, 3.8) is 0 Å². The summed E-state index contributed by atoms with van der Waals surface area (Å²) < 4.78 is 10.7. The number of carbonyl (C=O) groups excluding carboxylic acids is 1. The smallest absolute Gasteiger partial charge is 0.422 e. The van der Waals surface area contributed by atoms with E-state index in [9.17, 15) is 4.79 Å². The zero-order chi connectivity index (χ0) is 15.9. The quantitative estimate of drug-likeness (QED) is 0.464. The molecule has 1 aromatic rings. The highest BCUT2D eigenvalue weighted by Crippen LogP contribution is 2.17. The summed E-state index contributed by atoms with van der Waals surface area (Å²) in [6.45, 7) is 7.50.